The molecule has 1 heterocycles. The summed E-state index contributed by atoms with van der Waals surface area (Å²) in [5.41, 5.74) is 0. The Bertz CT molecular complexity index is 639. The minimum absolute atomic E-state index is 0.412. The fraction of sp³-hybridized carbons (Fsp3) is 0.333. The van der Waals surface area contributed by atoms with Gasteiger partial charge in [0.1, 0.15) is 11.9 Å². The van der Waals surface area contributed by atoms with Crippen LogP contribution in [0.3, 0.4) is 0 Å². The molecule has 6 nitrogen and oxygen atoms in total. The van der Waals surface area contributed by atoms with E-state index in [-0.39, 0.29) is 0 Å². The lowest BCUT2D eigenvalue weighted by Crippen LogP contribution is -2.31. The van der Waals surface area contributed by atoms with Gasteiger partial charge in [-0.25, -0.2) is 4.57 Å². The van der Waals surface area contributed by atoms with Gasteiger partial charge in [0.15, 0.2) is 0 Å². The molecule has 1 unspecified atom stereocenters. The molecular formula is C12H15O6PS. The summed E-state index contributed by atoms with van der Waals surface area (Å²) in [5.74, 6) is 1.63. The Morgan fingerprint density at radius 1 is 1.25 bits per heavy atom. The Balaban J connectivity index is 2.13. The maximum Gasteiger partial charge on any atom is 0.403 e. The number of hydrogen-bond donors (Lipinski definition) is 0. The molecule has 8 heteroatoms. The lowest BCUT2D eigenvalue weighted by Gasteiger charge is -2.28. The van der Waals surface area contributed by atoms with Crippen molar-refractivity contribution in [2.45, 2.75) is 19.1 Å². The van der Waals surface area contributed by atoms with E-state index in [1.165, 1.54) is 11.9 Å². The van der Waals surface area contributed by atoms with E-state index < -0.39 is 29.9 Å². The highest BCUT2D eigenvalue weighted by molar-refractivity contribution is 7.86. The van der Waals surface area contributed by atoms with Gasteiger partial charge in [-0.15, -0.1) is 0 Å². The van der Waals surface area contributed by atoms with Crippen molar-refractivity contribution in [1.29, 1.82) is 0 Å². The molecule has 110 valence electrons. The fourth-order valence-corrected chi connectivity index (χ4v) is 3.84. The van der Waals surface area contributed by atoms with Gasteiger partial charge in [0.05, 0.1) is 12.4 Å². The molecule has 2 rings (SSSR count). The second-order valence-corrected chi connectivity index (χ2v) is 7.73. The maximum absolute atomic E-state index is 12.4. The molecule has 0 saturated heterocycles. The first-order valence-electron chi connectivity index (χ1n) is 5.88. The highest BCUT2D eigenvalue weighted by Gasteiger charge is 2.35. The SMILES string of the molecule is C[C@H]1OP(=O)(Oc2ccccc2)C=C[C@@H]1OS(C)(=O)=O. The van der Waals surface area contributed by atoms with Crippen LogP contribution in [0.1, 0.15) is 6.92 Å². The molecule has 0 saturated carbocycles. The van der Waals surface area contributed by atoms with Gasteiger partial charge in [-0.2, -0.15) is 8.42 Å². The van der Waals surface area contributed by atoms with Gasteiger partial charge in [0, 0.05) is 5.82 Å². The average Bonchev–Trinajstić information content (AvgIpc) is 2.33. The van der Waals surface area contributed by atoms with Crippen LogP contribution in [0, 0.1) is 0 Å². The highest BCUT2D eigenvalue weighted by Crippen LogP contribution is 2.53. The zero-order valence-electron chi connectivity index (χ0n) is 11.0. The van der Waals surface area contributed by atoms with Crippen LogP contribution in [0.25, 0.3) is 0 Å². The van der Waals surface area contributed by atoms with Gasteiger partial charge in [-0.1, -0.05) is 18.2 Å². The molecule has 0 spiro atoms. The van der Waals surface area contributed by atoms with E-state index in [2.05, 4.69) is 0 Å². The van der Waals surface area contributed by atoms with Crippen LogP contribution in [-0.2, 0) is 23.4 Å². The molecule has 1 aromatic carbocycles. The molecule has 1 aromatic rings. The van der Waals surface area contributed by atoms with Crippen LogP contribution in [0.15, 0.2) is 42.2 Å². The summed E-state index contributed by atoms with van der Waals surface area (Å²) < 4.78 is 50.0. The molecule has 20 heavy (non-hydrogen) atoms. The van der Waals surface area contributed by atoms with Crippen LogP contribution < -0.4 is 4.52 Å². The topological polar surface area (TPSA) is 78.9 Å². The average molecular weight is 318 g/mol. The van der Waals surface area contributed by atoms with Crippen LogP contribution >= 0.6 is 7.60 Å². The van der Waals surface area contributed by atoms with Crippen molar-refractivity contribution in [2.24, 2.45) is 0 Å². The summed E-state index contributed by atoms with van der Waals surface area (Å²) in [7, 11) is -7.06. The molecular weight excluding hydrogens is 303 g/mol. The van der Waals surface area contributed by atoms with Crippen LogP contribution in [-0.4, -0.2) is 26.9 Å². The van der Waals surface area contributed by atoms with Crippen LogP contribution in [0.2, 0.25) is 0 Å². The molecule has 0 radical (unpaired) electrons. The molecule has 0 bridgehead atoms. The first kappa shape index (κ1) is 15.3. The van der Waals surface area contributed by atoms with E-state index in [1.807, 2.05) is 0 Å². The van der Waals surface area contributed by atoms with E-state index in [4.69, 9.17) is 13.2 Å². The number of hydrogen-bond acceptors (Lipinski definition) is 6. The van der Waals surface area contributed by atoms with Crippen molar-refractivity contribution >= 4 is 17.7 Å². The highest BCUT2D eigenvalue weighted by atomic mass is 32.2. The van der Waals surface area contributed by atoms with E-state index in [1.54, 1.807) is 37.3 Å². The summed E-state index contributed by atoms with van der Waals surface area (Å²) >= 11 is 0. The van der Waals surface area contributed by atoms with Crippen molar-refractivity contribution in [3.8, 4) is 5.75 Å². The minimum atomic E-state index is -3.61. The third-order valence-electron chi connectivity index (χ3n) is 2.50. The molecule has 1 aliphatic rings. The second-order valence-electron chi connectivity index (χ2n) is 4.36. The van der Waals surface area contributed by atoms with Crippen molar-refractivity contribution in [2.75, 3.05) is 6.26 Å². The number of rotatable bonds is 4. The summed E-state index contributed by atoms with van der Waals surface area (Å²) in [6.07, 6.45) is 0.817. The summed E-state index contributed by atoms with van der Waals surface area (Å²) in [5, 5.41) is 0. The minimum Gasteiger partial charge on any atom is -0.422 e. The Kier molecular flexibility index (Phi) is 4.34. The lowest BCUT2D eigenvalue weighted by atomic mass is 10.2. The Morgan fingerprint density at radius 3 is 2.45 bits per heavy atom. The van der Waals surface area contributed by atoms with E-state index >= 15 is 0 Å². The molecule has 0 aromatic heterocycles. The molecule has 0 N–H and O–H groups in total. The largest absolute Gasteiger partial charge is 0.422 e. The lowest BCUT2D eigenvalue weighted by molar-refractivity contribution is 0.0881. The first-order chi connectivity index (χ1) is 9.27. The molecule has 0 aliphatic carbocycles. The Morgan fingerprint density at radius 2 is 1.90 bits per heavy atom. The smallest absolute Gasteiger partial charge is 0.403 e. The zero-order chi connectivity index (χ0) is 14.8. The molecule has 3 atom stereocenters. The summed E-state index contributed by atoms with van der Waals surface area (Å²) in [6, 6.07) is 8.60. The van der Waals surface area contributed by atoms with Gasteiger partial charge in [-0.05, 0) is 25.1 Å². The molecule has 0 fully saturated rings. The van der Waals surface area contributed by atoms with Gasteiger partial charge in [0.2, 0.25) is 0 Å². The number of benzene rings is 1. The van der Waals surface area contributed by atoms with Crippen molar-refractivity contribution < 1.29 is 26.2 Å². The van der Waals surface area contributed by atoms with Gasteiger partial charge >= 0.3 is 7.60 Å². The quantitative estimate of drug-likeness (QED) is 0.627. The third-order valence-corrected chi connectivity index (χ3v) is 4.70. The zero-order valence-corrected chi connectivity index (χ0v) is 12.7. The Labute approximate surface area is 118 Å². The fourth-order valence-electron chi connectivity index (χ4n) is 1.67. The van der Waals surface area contributed by atoms with Crippen molar-refractivity contribution in [1.82, 2.24) is 0 Å². The van der Waals surface area contributed by atoms with Crippen molar-refractivity contribution in [3.63, 3.8) is 0 Å². The monoisotopic (exact) mass is 318 g/mol. The predicted molar refractivity (Wildman–Crippen MR) is 74.1 cm³/mol. The van der Waals surface area contributed by atoms with Gasteiger partial charge < -0.3 is 4.52 Å². The van der Waals surface area contributed by atoms with Crippen molar-refractivity contribution in [3.05, 3.63) is 42.2 Å². The van der Waals surface area contributed by atoms with E-state index in [0.29, 0.717) is 5.75 Å². The molecule has 0 amide bonds. The predicted octanol–water partition coefficient (Wildman–Crippen LogP) is 2.54. The maximum atomic E-state index is 12.4. The van der Waals surface area contributed by atoms with Gasteiger partial charge in [-0.3, -0.25) is 8.71 Å². The summed E-state index contributed by atoms with van der Waals surface area (Å²) in [4.78, 5) is 0. The van der Waals surface area contributed by atoms with Crippen LogP contribution in [0.5, 0.6) is 5.75 Å². The normalized spacial score (nSPS) is 30.1. The van der Waals surface area contributed by atoms with E-state index in [9.17, 15) is 13.0 Å². The Hall–Kier alpha value is -1.14. The summed E-state index contributed by atoms with van der Waals surface area (Å²) in [6.45, 7) is 1.57. The first-order valence-corrected chi connectivity index (χ1v) is 9.31. The molecule has 1 aliphatic heterocycles. The third kappa shape index (κ3) is 4.18. The van der Waals surface area contributed by atoms with Crippen LogP contribution in [0.4, 0.5) is 0 Å². The van der Waals surface area contributed by atoms with E-state index in [0.717, 1.165) is 6.26 Å². The standard InChI is InChI=1S/C12H15O6PS/c1-10-12(18-20(2,14)15)8-9-19(13,16-10)17-11-6-4-3-5-7-11/h3-10,12H,1-2H3/t10-,12+,19?/m1/s1. The number of para-hydroxylation sites is 1. The second kappa shape index (κ2) is 5.69. The van der Waals surface area contributed by atoms with Gasteiger partial charge in [0.25, 0.3) is 10.1 Å².